The van der Waals surface area contributed by atoms with Crippen LogP contribution in [-0.4, -0.2) is 24.5 Å². The molecular formula is C14H20ClN3O2. The zero-order valence-electron chi connectivity index (χ0n) is 12.0. The number of nitrogens with zero attached hydrogens (tertiary/aromatic N) is 1. The largest absolute Gasteiger partial charge is 0.478 e. The second-order valence-electron chi connectivity index (χ2n) is 5.25. The maximum Gasteiger partial charge on any atom is 0.244 e. The van der Waals surface area contributed by atoms with Gasteiger partial charge in [-0.1, -0.05) is 18.5 Å². The third-order valence-electron chi connectivity index (χ3n) is 3.68. The van der Waals surface area contributed by atoms with Crippen molar-refractivity contribution in [1.82, 2.24) is 15.8 Å². The number of halogens is 1. The third kappa shape index (κ3) is 2.74. The molecule has 110 valence electrons. The van der Waals surface area contributed by atoms with Crippen LogP contribution in [0.5, 0.6) is 5.88 Å². The number of hydrogen-bond acceptors (Lipinski definition) is 4. The molecule has 6 heteroatoms. The van der Waals surface area contributed by atoms with Gasteiger partial charge in [0.05, 0.1) is 12.0 Å². The molecular weight excluding hydrogens is 278 g/mol. The number of pyridine rings is 1. The molecule has 0 aromatic carbocycles. The van der Waals surface area contributed by atoms with Crippen molar-refractivity contribution in [1.29, 1.82) is 0 Å². The van der Waals surface area contributed by atoms with Gasteiger partial charge >= 0.3 is 0 Å². The maximum absolute atomic E-state index is 12.4. The van der Waals surface area contributed by atoms with E-state index in [9.17, 15) is 4.79 Å². The van der Waals surface area contributed by atoms with Crippen molar-refractivity contribution in [2.75, 3.05) is 13.7 Å². The van der Waals surface area contributed by atoms with E-state index in [4.69, 9.17) is 16.3 Å². The summed E-state index contributed by atoms with van der Waals surface area (Å²) in [4.78, 5) is 16.5. The van der Waals surface area contributed by atoms with E-state index < -0.39 is 5.41 Å². The average molecular weight is 298 g/mol. The van der Waals surface area contributed by atoms with Crippen molar-refractivity contribution >= 4 is 17.5 Å². The summed E-state index contributed by atoms with van der Waals surface area (Å²) in [5.41, 5.74) is 5.71. The number of rotatable bonds is 5. The Morgan fingerprint density at radius 2 is 2.25 bits per heavy atom. The lowest BCUT2D eigenvalue weighted by molar-refractivity contribution is -0.132. The van der Waals surface area contributed by atoms with Gasteiger partial charge in [0.25, 0.3) is 0 Å². The standard InChI is InChI=1S/C14H20ClN3O2/c1-4-20-12-6-10(5-11(15)17-12)14(7-9(2)8-14)13(19)18-16-3/h5-6,9,16H,4,7-8H2,1-3H3,(H,18,19). The number of carbonyl (C=O) groups is 1. The fraction of sp³-hybridized carbons (Fsp3) is 0.571. The van der Waals surface area contributed by atoms with Crippen molar-refractivity contribution in [3.63, 3.8) is 0 Å². The second-order valence-corrected chi connectivity index (χ2v) is 5.64. The fourth-order valence-corrected chi connectivity index (χ4v) is 3.09. The van der Waals surface area contributed by atoms with E-state index in [0.717, 1.165) is 18.4 Å². The average Bonchev–Trinajstić information content (AvgIpc) is 2.34. The summed E-state index contributed by atoms with van der Waals surface area (Å²) in [5, 5.41) is 0.349. The fourth-order valence-electron chi connectivity index (χ4n) is 2.89. The molecule has 0 saturated heterocycles. The van der Waals surface area contributed by atoms with Crippen LogP contribution in [0.15, 0.2) is 12.1 Å². The molecule has 0 unspecified atom stereocenters. The highest BCUT2D eigenvalue weighted by Crippen LogP contribution is 2.48. The molecule has 0 radical (unpaired) electrons. The summed E-state index contributed by atoms with van der Waals surface area (Å²) in [5.74, 6) is 0.939. The van der Waals surface area contributed by atoms with Crippen LogP contribution in [0.3, 0.4) is 0 Å². The van der Waals surface area contributed by atoms with Crippen LogP contribution in [0.2, 0.25) is 5.15 Å². The summed E-state index contributed by atoms with van der Waals surface area (Å²) in [6.45, 7) is 4.53. The van der Waals surface area contributed by atoms with Crippen LogP contribution < -0.4 is 15.6 Å². The van der Waals surface area contributed by atoms with Crippen LogP contribution in [0, 0.1) is 5.92 Å². The van der Waals surface area contributed by atoms with E-state index in [-0.39, 0.29) is 5.91 Å². The molecule has 1 aromatic rings. The van der Waals surface area contributed by atoms with Crippen LogP contribution >= 0.6 is 11.6 Å². The first kappa shape index (κ1) is 15.1. The van der Waals surface area contributed by atoms with Crippen LogP contribution in [0.25, 0.3) is 0 Å². The Kier molecular flexibility index (Phi) is 4.50. The summed E-state index contributed by atoms with van der Waals surface area (Å²) in [6.07, 6.45) is 1.60. The van der Waals surface area contributed by atoms with Crippen molar-refractivity contribution in [3.05, 3.63) is 22.8 Å². The van der Waals surface area contributed by atoms with E-state index in [1.165, 1.54) is 0 Å². The third-order valence-corrected chi connectivity index (χ3v) is 3.88. The molecule has 20 heavy (non-hydrogen) atoms. The van der Waals surface area contributed by atoms with Gasteiger partial charge in [-0.25, -0.2) is 10.4 Å². The van der Waals surface area contributed by atoms with Crippen LogP contribution in [0.1, 0.15) is 32.3 Å². The Labute approximate surface area is 124 Å². The minimum atomic E-state index is -0.541. The van der Waals surface area contributed by atoms with Crippen molar-refractivity contribution in [2.45, 2.75) is 32.1 Å². The minimum Gasteiger partial charge on any atom is -0.478 e. The molecule has 0 atom stereocenters. The van der Waals surface area contributed by atoms with Gasteiger partial charge in [0.1, 0.15) is 5.15 Å². The zero-order valence-corrected chi connectivity index (χ0v) is 12.8. The topological polar surface area (TPSA) is 63.2 Å². The predicted octanol–water partition coefficient (Wildman–Crippen LogP) is 2.05. The van der Waals surface area contributed by atoms with Crippen molar-refractivity contribution in [3.8, 4) is 5.88 Å². The number of hydrogen-bond donors (Lipinski definition) is 2. The minimum absolute atomic E-state index is 0.0391. The number of aromatic nitrogens is 1. The van der Waals surface area contributed by atoms with Gasteiger partial charge in [0.2, 0.25) is 11.8 Å². The van der Waals surface area contributed by atoms with Crippen LogP contribution in [0.4, 0.5) is 0 Å². The van der Waals surface area contributed by atoms with Gasteiger partial charge in [-0.05, 0) is 37.3 Å². The Bertz CT molecular complexity index is 501. The van der Waals surface area contributed by atoms with E-state index in [1.54, 1.807) is 13.1 Å². The van der Waals surface area contributed by atoms with Gasteiger partial charge in [0.15, 0.2) is 0 Å². The van der Waals surface area contributed by atoms with Crippen molar-refractivity contribution < 1.29 is 9.53 Å². The molecule has 2 N–H and O–H groups in total. The zero-order chi connectivity index (χ0) is 14.8. The first-order valence-corrected chi connectivity index (χ1v) is 7.17. The number of amides is 1. The highest BCUT2D eigenvalue weighted by atomic mass is 35.5. The molecule has 5 nitrogen and oxygen atoms in total. The van der Waals surface area contributed by atoms with Gasteiger partial charge in [0, 0.05) is 13.1 Å². The summed E-state index contributed by atoms with van der Waals surface area (Å²) < 4.78 is 5.41. The van der Waals surface area contributed by atoms with E-state index >= 15 is 0 Å². The molecule has 0 aliphatic heterocycles. The Hall–Kier alpha value is -1.33. The van der Waals surface area contributed by atoms with Crippen molar-refractivity contribution in [2.24, 2.45) is 5.92 Å². The van der Waals surface area contributed by atoms with E-state index in [1.807, 2.05) is 13.0 Å². The SMILES string of the molecule is CCOc1cc(C2(C(=O)NNC)CC(C)C2)cc(Cl)n1. The summed E-state index contributed by atoms with van der Waals surface area (Å²) in [6, 6.07) is 3.57. The number of hydrazine groups is 1. The maximum atomic E-state index is 12.4. The Morgan fingerprint density at radius 1 is 1.55 bits per heavy atom. The quantitative estimate of drug-likeness (QED) is 0.645. The molecule has 1 saturated carbocycles. The van der Waals surface area contributed by atoms with E-state index in [0.29, 0.717) is 23.6 Å². The van der Waals surface area contributed by atoms with E-state index in [2.05, 4.69) is 22.8 Å². The smallest absolute Gasteiger partial charge is 0.244 e. The summed E-state index contributed by atoms with van der Waals surface area (Å²) >= 11 is 6.05. The molecule has 2 rings (SSSR count). The number of nitrogens with one attached hydrogen (secondary N) is 2. The molecule has 1 amide bonds. The highest BCUT2D eigenvalue weighted by molar-refractivity contribution is 6.29. The molecule has 1 aromatic heterocycles. The summed E-state index contributed by atoms with van der Waals surface area (Å²) in [7, 11) is 1.68. The lowest BCUT2D eigenvalue weighted by atomic mass is 9.59. The molecule has 0 bridgehead atoms. The molecule has 1 aliphatic rings. The number of ether oxygens (including phenoxy) is 1. The predicted molar refractivity (Wildman–Crippen MR) is 77.7 cm³/mol. The molecule has 1 fully saturated rings. The lowest BCUT2D eigenvalue weighted by Gasteiger charge is -2.45. The number of carbonyl (C=O) groups excluding carboxylic acids is 1. The molecule has 1 aliphatic carbocycles. The Balaban J connectivity index is 2.37. The Morgan fingerprint density at radius 3 is 2.80 bits per heavy atom. The normalized spacial score (nSPS) is 24.9. The van der Waals surface area contributed by atoms with Gasteiger partial charge < -0.3 is 4.74 Å². The second kappa shape index (κ2) is 5.97. The highest BCUT2D eigenvalue weighted by Gasteiger charge is 2.50. The van der Waals surface area contributed by atoms with Gasteiger partial charge in [-0.15, -0.1) is 0 Å². The first-order valence-electron chi connectivity index (χ1n) is 6.80. The van der Waals surface area contributed by atoms with Gasteiger partial charge in [-0.3, -0.25) is 10.2 Å². The molecule has 0 spiro atoms. The van der Waals surface area contributed by atoms with Crippen LogP contribution in [-0.2, 0) is 10.2 Å². The van der Waals surface area contributed by atoms with Gasteiger partial charge in [-0.2, -0.15) is 0 Å². The monoisotopic (exact) mass is 297 g/mol. The molecule has 1 heterocycles. The lowest BCUT2D eigenvalue weighted by Crippen LogP contribution is -2.55. The first-order chi connectivity index (χ1) is 9.51.